The van der Waals surface area contributed by atoms with E-state index in [1.807, 2.05) is 14.7 Å². The van der Waals surface area contributed by atoms with Crippen LogP contribution in [0.3, 0.4) is 0 Å². The Morgan fingerprint density at radius 1 is 0.556 bits per heavy atom. The summed E-state index contributed by atoms with van der Waals surface area (Å²) in [4.78, 5) is 41.5. The maximum atomic E-state index is 11.8. The van der Waals surface area contributed by atoms with Crippen molar-refractivity contribution in [1.82, 2.24) is 14.7 Å². The van der Waals surface area contributed by atoms with E-state index in [2.05, 4.69) is 0 Å². The van der Waals surface area contributed by atoms with Gasteiger partial charge < -0.3 is 14.2 Å². The first-order chi connectivity index (χ1) is 13.0. The molecule has 1 rings (SSSR count). The molecule has 0 bridgehead atoms. The Bertz CT molecular complexity index is 395. The third kappa shape index (κ3) is 10.3. The lowest BCUT2D eigenvalue weighted by atomic mass is 10.4. The lowest BCUT2D eigenvalue weighted by molar-refractivity contribution is -0.146. The van der Waals surface area contributed by atoms with Gasteiger partial charge in [0.1, 0.15) is 0 Å². The summed E-state index contributed by atoms with van der Waals surface area (Å²) in [5, 5.41) is 0. The molecule has 0 aliphatic carbocycles. The van der Waals surface area contributed by atoms with E-state index >= 15 is 0 Å². The number of ether oxygens (including phenoxy) is 3. The Kier molecular flexibility index (Phi) is 11.6. The average molecular weight is 387 g/mol. The van der Waals surface area contributed by atoms with E-state index in [-0.39, 0.29) is 37.5 Å². The standard InChI is InChI=1S/C18H33N3O6/c1-4-25-16(22)13-19-7-9-20(14-17(23)26-5-2)11-12-21(10-8-19)15-18(24)27-6-3/h4-15H2,1-3H3. The fourth-order valence-electron chi connectivity index (χ4n) is 2.83. The molecule has 0 atom stereocenters. The van der Waals surface area contributed by atoms with Crippen LogP contribution in [-0.2, 0) is 28.6 Å². The Balaban J connectivity index is 2.72. The SMILES string of the molecule is CCOC(=O)CN1CCN(CC(=O)OCC)CCN(CC(=O)OCC)CC1. The van der Waals surface area contributed by atoms with Gasteiger partial charge >= 0.3 is 17.9 Å². The van der Waals surface area contributed by atoms with Crippen LogP contribution < -0.4 is 0 Å². The second kappa shape index (κ2) is 13.5. The molecule has 9 heteroatoms. The van der Waals surface area contributed by atoms with Gasteiger partial charge in [0.15, 0.2) is 0 Å². The first kappa shape index (κ1) is 23.3. The van der Waals surface area contributed by atoms with Crippen molar-refractivity contribution >= 4 is 17.9 Å². The summed E-state index contributed by atoms with van der Waals surface area (Å²) >= 11 is 0. The van der Waals surface area contributed by atoms with Crippen LogP contribution in [0, 0.1) is 0 Å². The smallest absolute Gasteiger partial charge is 0.320 e. The van der Waals surface area contributed by atoms with Crippen molar-refractivity contribution in [2.24, 2.45) is 0 Å². The van der Waals surface area contributed by atoms with Crippen LogP contribution in [0.2, 0.25) is 0 Å². The summed E-state index contributed by atoms with van der Waals surface area (Å²) in [6.07, 6.45) is 0. The molecule has 1 fully saturated rings. The largest absolute Gasteiger partial charge is 0.465 e. The van der Waals surface area contributed by atoms with Crippen LogP contribution in [0.25, 0.3) is 0 Å². The number of rotatable bonds is 9. The number of carbonyl (C=O) groups is 3. The summed E-state index contributed by atoms with van der Waals surface area (Å²) in [7, 11) is 0. The van der Waals surface area contributed by atoms with E-state index in [1.165, 1.54) is 0 Å². The maximum absolute atomic E-state index is 11.8. The fourth-order valence-corrected chi connectivity index (χ4v) is 2.83. The molecule has 156 valence electrons. The van der Waals surface area contributed by atoms with Crippen LogP contribution >= 0.6 is 0 Å². The summed E-state index contributed by atoms with van der Waals surface area (Å²) in [6.45, 7) is 10.7. The van der Waals surface area contributed by atoms with Gasteiger partial charge in [-0.2, -0.15) is 0 Å². The van der Waals surface area contributed by atoms with Gasteiger partial charge in [0.25, 0.3) is 0 Å². The van der Waals surface area contributed by atoms with E-state index < -0.39 is 0 Å². The zero-order valence-electron chi connectivity index (χ0n) is 16.8. The molecule has 0 aromatic rings. The normalized spacial score (nSPS) is 17.4. The van der Waals surface area contributed by atoms with Crippen molar-refractivity contribution in [3.63, 3.8) is 0 Å². The van der Waals surface area contributed by atoms with E-state index in [4.69, 9.17) is 14.2 Å². The van der Waals surface area contributed by atoms with E-state index in [0.717, 1.165) is 0 Å². The van der Waals surface area contributed by atoms with Crippen molar-refractivity contribution in [1.29, 1.82) is 0 Å². The predicted octanol–water partition coefficient (Wildman–Crippen LogP) is -0.405. The van der Waals surface area contributed by atoms with Gasteiger partial charge in [0.2, 0.25) is 0 Å². The lowest BCUT2D eigenvalue weighted by Gasteiger charge is -2.24. The molecule has 0 amide bonds. The number of esters is 3. The first-order valence-electron chi connectivity index (χ1n) is 9.62. The molecule has 0 saturated carbocycles. The minimum Gasteiger partial charge on any atom is -0.465 e. The monoisotopic (exact) mass is 387 g/mol. The molecule has 0 N–H and O–H groups in total. The Labute approximate surface area is 161 Å². The second-order valence-corrected chi connectivity index (χ2v) is 6.24. The molecule has 1 aliphatic heterocycles. The molecule has 9 nitrogen and oxygen atoms in total. The second-order valence-electron chi connectivity index (χ2n) is 6.24. The van der Waals surface area contributed by atoms with Gasteiger partial charge in [-0.25, -0.2) is 0 Å². The molecular formula is C18H33N3O6. The van der Waals surface area contributed by atoms with Crippen molar-refractivity contribution < 1.29 is 28.6 Å². The number of carbonyl (C=O) groups excluding carboxylic acids is 3. The minimum absolute atomic E-state index is 0.189. The van der Waals surface area contributed by atoms with Crippen molar-refractivity contribution in [2.75, 3.05) is 78.7 Å². The van der Waals surface area contributed by atoms with E-state index in [9.17, 15) is 14.4 Å². The Hall–Kier alpha value is -1.71. The molecule has 27 heavy (non-hydrogen) atoms. The summed E-state index contributed by atoms with van der Waals surface area (Å²) in [5.74, 6) is -0.818. The zero-order chi connectivity index (χ0) is 20.1. The summed E-state index contributed by atoms with van der Waals surface area (Å²) in [6, 6.07) is 0. The molecule has 0 aromatic carbocycles. The number of hydrogen-bond acceptors (Lipinski definition) is 9. The molecule has 0 unspecified atom stereocenters. The van der Waals surface area contributed by atoms with Gasteiger partial charge in [-0.15, -0.1) is 0 Å². The fraction of sp³-hybridized carbons (Fsp3) is 0.833. The molecular weight excluding hydrogens is 354 g/mol. The summed E-state index contributed by atoms with van der Waals surface area (Å²) in [5.41, 5.74) is 0. The maximum Gasteiger partial charge on any atom is 0.320 e. The first-order valence-corrected chi connectivity index (χ1v) is 9.62. The van der Waals surface area contributed by atoms with Gasteiger partial charge in [-0.3, -0.25) is 29.1 Å². The van der Waals surface area contributed by atoms with Gasteiger partial charge in [-0.05, 0) is 20.8 Å². The Morgan fingerprint density at radius 3 is 0.963 bits per heavy atom. The third-order valence-corrected chi connectivity index (χ3v) is 4.17. The molecule has 0 spiro atoms. The highest BCUT2D eigenvalue weighted by Crippen LogP contribution is 2.02. The average Bonchev–Trinajstić information content (AvgIpc) is 2.69. The lowest BCUT2D eigenvalue weighted by Crippen LogP contribution is -2.41. The molecule has 1 saturated heterocycles. The van der Waals surface area contributed by atoms with Crippen LogP contribution in [0.15, 0.2) is 0 Å². The highest BCUT2D eigenvalue weighted by molar-refractivity contribution is 5.72. The van der Waals surface area contributed by atoms with Gasteiger partial charge in [0, 0.05) is 39.3 Å². The highest BCUT2D eigenvalue weighted by atomic mass is 16.5. The zero-order valence-corrected chi connectivity index (χ0v) is 16.8. The van der Waals surface area contributed by atoms with Crippen molar-refractivity contribution in [3.8, 4) is 0 Å². The third-order valence-electron chi connectivity index (χ3n) is 4.17. The van der Waals surface area contributed by atoms with Crippen molar-refractivity contribution in [3.05, 3.63) is 0 Å². The minimum atomic E-state index is -0.273. The molecule has 0 radical (unpaired) electrons. The topological polar surface area (TPSA) is 88.6 Å². The Morgan fingerprint density at radius 2 is 0.778 bits per heavy atom. The highest BCUT2D eigenvalue weighted by Gasteiger charge is 2.21. The quantitative estimate of drug-likeness (QED) is 0.387. The number of nitrogens with zero attached hydrogens (tertiary/aromatic N) is 3. The molecule has 1 heterocycles. The van der Waals surface area contributed by atoms with Crippen LogP contribution in [0.5, 0.6) is 0 Å². The van der Waals surface area contributed by atoms with Crippen LogP contribution in [0.4, 0.5) is 0 Å². The van der Waals surface area contributed by atoms with Crippen LogP contribution in [-0.4, -0.2) is 111 Å². The van der Waals surface area contributed by atoms with Gasteiger partial charge in [-0.1, -0.05) is 0 Å². The molecule has 0 aromatic heterocycles. The van der Waals surface area contributed by atoms with Crippen molar-refractivity contribution in [2.45, 2.75) is 20.8 Å². The van der Waals surface area contributed by atoms with E-state index in [0.29, 0.717) is 59.1 Å². The van der Waals surface area contributed by atoms with E-state index in [1.54, 1.807) is 20.8 Å². The molecule has 1 aliphatic rings. The predicted molar refractivity (Wildman–Crippen MR) is 99.2 cm³/mol. The van der Waals surface area contributed by atoms with Crippen LogP contribution in [0.1, 0.15) is 20.8 Å². The summed E-state index contributed by atoms with van der Waals surface area (Å²) < 4.78 is 15.1. The van der Waals surface area contributed by atoms with Gasteiger partial charge in [0.05, 0.1) is 39.5 Å². The number of hydrogen-bond donors (Lipinski definition) is 0.